The number of fused-ring (bicyclic) bond motifs is 1. The standard InChI is InChI=1S/C24H20ClN3O2S/c1-15-3-5-16(6-4-15)14-26-22(29)24-28-27-23(31-24)21(25)12-17-7-8-19-13-20(30-2)10-9-18(19)11-17/h3-13H,14H2,1-2H3,(H,26,29)/b21-12-. The van der Waals surface area contributed by atoms with Crippen LogP contribution in [-0.2, 0) is 6.54 Å². The highest BCUT2D eigenvalue weighted by Crippen LogP contribution is 2.27. The zero-order chi connectivity index (χ0) is 21.8. The number of nitrogens with one attached hydrogen (secondary N) is 1. The average Bonchev–Trinajstić information content (AvgIpc) is 3.29. The third-order valence-corrected chi connectivity index (χ3v) is 6.12. The van der Waals surface area contributed by atoms with Crippen molar-refractivity contribution in [2.75, 3.05) is 7.11 Å². The largest absolute Gasteiger partial charge is 0.497 e. The van der Waals surface area contributed by atoms with Gasteiger partial charge in [-0.3, -0.25) is 4.79 Å². The van der Waals surface area contributed by atoms with E-state index in [4.69, 9.17) is 16.3 Å². The molecule has 0 saturated heterocycles. The molecule has 31 heavy (non-hydrogen) atoms. The van der Waals surface area contributed by atoms with Crippen LogP contribution in [0.1, 0.15) is 31.5 Å². The van der Waals surface area contributed by atoms with Gasteiger partial charge < -0.3 is 10.1 Å². The topological polar surface area (TPSA) is 64.1 Å². The molecule has 1 heterocycles. The highest BCUT2D eigenvalue weighted by Gasteiger charge is 2.14. The molecule has 0 bridgehead atoms. The number of carbonyl (C=O) groups is 1. The van der Waals surface area contributed by atoms with Gasteiger partial charge in [0.15, 0.2) is 5.01 Å². The van der Waals surface area contributed by atoms with E-state index in [2.05, 4.69) is 15.5 Å². The molecular weight excluding hydrogens is 430 g/mol. The van der Waals surface area contributed by atoms with Gasteiger partial charge in [-0.15, -0.1) is 10.2 Å². The molecule has 156 valence electrons. The summed E-state index contributed by atoms with van der Waals surface area (Å²) >= 11 is 7.63. The summed E-state index contributed by atoms with van der Waals surface area (Å²) in [4.78, 5) is 12.4. The quantitative estimate of drug-likeness (QED) is 0.411. The molecule has 1 N–H and O–H groups in total. The van der Waals surface area contributed by atoms with Crippen LogP contribution in [0.25, 0.3) is 21.9 Å². The van der Waals surface area contributed by atoms with Crippen molar-refractivity contribution in [3.05, 3.63) is 87.4 Å². The number of halogens is 1. The van der Waals surface area contributed by atoms with E-state index in [9.17, 15) is 4.79 Å². The fourth-order valence-electron chi connectivity index (χ4n) is 3.04. The van der Waals surface area contributed by atoms with Crippen molar-refractivity contribution in [3.8, 4) is 5.75 Å². The van der Waals surface area contributed by atoms with Crippen LogP contribution in [0.15, 0.2) is 60.7 Å². The maximum Gasteiger partial charge on any atom is 0.282 e. The van der Waals surface area contributed by atoms with Crippen molar-refractivity contribution in [2.24, 2.45) is 0 Å². The Morgan fingerprint density at radius 3 is 2.52 bits per heavy atom. The number of rotatable bonds is 6. The summed E-state index contributed by atoms with van der Waals surface area (Å²) < 4.78 is 5.26. The Bertz CT molecular complexity index is 1270. The monoisotopic (exact) mass is 449 g/mol. The maximum atomic E-state index is 12.4. The Kier molecular flexibility index (Phi) is 6.30. The van der Waals surface area contributed by atoms with Crippen LogP contribution in [0.2, 0.25) is 0 Å². The number of methoxy groups -OCH3 is 1. The number of carbonyl (C=O) groups excluding carboxylic acids is 1. The van der Waals surface area contributed by atoms with Crippen molar-refractivity contribution < 1.29 is 9.53 Å². The van der Waals surface area contributed by atoms with E-state index >= 15 is 0 Å². The first-order valence-corrected chi connectivity index (χ1v) is 10.8. The normalized spacial score (nSPS) is 11.5. The lowest BCUT2D eigenvalue weighted by Gasteiger charge is -2.04. The Labute approximate surface area is 189 Å². The smallest absolute Gasteiger partial charge is 0.282 e. The lowest BCUT2D eigenvalue weighted by Crippen LogP contribution is -2.22. The van der Waals surface area contributed by atoms with Crippen LogP contribution in [0.4, 0.5) is 0 Å². The van der Waals surface area contributed by atoms with Gasteiger partial charge in [-0.05, 0) is 53.1 Å². The molecule has 3 aromatic carbocycles. The Morgan fingerprint density at radius 1 is 1.03 bits per heavy atom. The highest BCUT2D eigenvalue weighted by atomic mass is 35.5. The lowest BCUT2D eigenvalue weighted by molar-refractivity contribution is 0.0950. The summed E-state index contributed by atoms with van der Waals surface area (Å²) in [6, 6.07) is 19.9. The number of aryl methyl sites for hydroxylation is 1. The van der Waals surface area contributed by atoms with Gasteiger partial charge in [-0.1, -0.05) is 71.0 Å². The van der Waals surface area contributed by atoms with Crippen molar-refractivity contribution in [2.45, 2.75) is 13.5 Å². The highest BCUT2D eigenvalue weighted by molar-refractivity contribution is 7.15. The van der Waals surface area contributed by atoms with Crippen LogP contribution < -0.4 is 10.1 Å². The minimum Gasteiger partial charge on any atom is -0.497 e. The molecule has 0 radical (unpaired) electrons. The van der Waals surface area contributed by atoms with Gasteiger partial charge in [0.2, 0.25) is 5.01 Å². The predicted molar refractivity (Wildman–Crippen MR) is 126 cm³/mol. The van der Waals surface area contributed by atoms with Gasteiger partial charge in [-0.2, -0.15) is 0 Å². The molecule has 1 amide bonds. The number of ether oxygens (including phenoxy) is 1. The SMILES string of the molecule is COc1ccc2cc(/C=C(\Cl)c3nnc(C(=O)NCc4ccc(C)cc4)s3)ccc2c1. The number of amides is 1. The minimum atomic E-state index is -0.270. The molecule has 1 aromatic heterocycles. The Hall–Kier alpha value is -3.22. The van der Waals surface area contributed by atoms with E-state index in [-0.39, 0.29) is 10.9 Å². The molecule has 4 aromatic rings. The second-order valence-electron chi connectivity index (χ2n) is 7.05. The molecular formula is C24H20ClN3O2S. The molecule has 0 aliphatic rings. The first-order valence-electron chi connectivity index (χ1n) is 9.64. The number of nitrogens with zero attached hydrogens (tertiary/aromatic N) is 2. The summed E-state index contributed by atoms with van der Waals surface area (Å²) in [5.74, 6) is 0.546. The molecule has 0 saturated carbocycles. The molecule has 5 nitrogen and oxygen atoms in total. The summed E-state index contributed by atoms with van der Waals surface area (Å²) in [5, 5.41) is 14.3. The molecule has 4 rings (SSSR count). The number of benzene rings is 3. The fraction of sp³-hybridized carbons (Fsp3) is 0.125. The third-order valence-electron chi connectivity index (χ3n) is 4.76. The summed E-state index contributed by atoms with van der Waals surface area (Å²) in [5.41, 5.74) is 3.13. The van der Waals surface area contributed by atoms with Gasteiger partial charge in [0.05, 0.1) is 12.1 Å². The second kappa shape index (κ2) is 9.29. The zero-order valence-corrected chi connectivity index (χ0v) is 18.6. The number of hydrogen-bond acceptors (Lipinski definition) is 5. The van der Waals surface area contributed by atoms with Crippen LogP contribution in [-0.4, -0.2) is 23.2 Å². The van der Waals surface area contributed by atoms with Gasteiger partial charge in [0.25, 0.3) is 5.91 Å². The molecule has 0 unspecified atom stereocenters. The van der Waals surface area contributed by atoms with Gasteiger partial charge in [-0.25, -0.2) is 0 Å². The molecule has 7 heteroatoms. The predicted octanol–water partition coefficient (Wildman–Crippen LogP) is 5.68. The summed E-state index contributed by atoms with van der Waals surface area (Å²) in [6.07, 6.45) is 1.82. The van der Waals surface area contributed by atoms with Crippen molar-refractivity contribution in [1.29, 1.82) is 0 Å². The maximum absolute atomic E-state index is 12.4. The number of hydrogen-bond donors (Lipinski definition) is 1. The summed E-state index contributed by atoms with van der Waals surface area (Å²) in [6.45, 7) is 2.46. The van der Waals surface area contributed by atoms with Gasteiger partial charge >= 0.3 is 0 Å². The van der Waals surface area contributed by atoms with E-state index in [1.54, 1.807) is 7.11 Å². The second-order valence-corrected chi connectivity index (χ2v) is 8.43. The van der Waals surface area contributed by atoms with E-state index in [1.807, 2.05) is 73.7 Å². The van der Waals surface area contributed by atoms with E-state index in [0.29, 0.717) is 16.6 Å². The fourth-order valence-corrected chi connectivity index (χ4v) is 3.99. The third kappa shape index (κ3) is 5.10. The molecule has 0 atom stereocenters. The molecule has 0 aliphatic carbocycles. The first kappa shape index (κ1) is 21.0. The van der Waals surface area contributed by atoms with Crippen molar-refractivity contribution in [1.82, 2.24) is 15.5 Å². The van der Waals surface area contributed by atoms with Crippen LogP contribution in [0, 0.1) is 6.92 Å². The number of aromatic nitrogens is 2. The Morgan fingerprint density at radius 2 is 1.74 bits per heavy atom. The molecule has 0 spiro atoms. The minimum absolute atomic E-state index is 0.270. The summed E-state index contributed by atoms with van der Waals surface area (Å²) in [7, 11) is 1.65. The van der Waals surface area contributed by atoms with Crippen LogP contribution >= 0.6 is 22.9 Å². The average molecular weight is 450 g/mol. The molecule has 0 aliphatic heterocycles. The van der Waals surface area contributed by atoms with Gasteiger partial charge in [0.1, 0.15) is 5.75 Å². The van der Waals surface area contributed by atoms with Crippen molar-refractivity contribution in [3.63, 3.8) is 0 Å². The van der Waals surface area contributed by atoms with Crippen LogP contribution in [0.3, 0.4) is 0 Å². The lowest BCUT2D eigenvalue weighted by atomic mass is 10.1. The van der Waals surface area contributed by atoms with E-state index in [1.165, 1.54) is 5.56 Å². The Balaban J connectivity index is 1.46. The van der Waals surface area contributed by atoms with Crippen molar-refractivity contribution >= 4 is 50.7 Å². The van der Waals surface area contributed by atoms with E-state index in [0.717, 1.165) is 39.0 Å². The van der Waals surface area contributed by atoms with E-state index < -0.39 is 0 Å². The molecule has 0 fully saturated rings. The van der Waals surface area contributed by atoms with Crippen LogP contribution in [0.5, 0.6) is 5.75 Å². The van der Waals surface area contributed by atoms with Gasteiger partial charge in [0, 0.05) is 6.54 Å². The zero-order valence-electron chi connectivity index (χ0n) is 17.1. The first-order chi connectivity index (χ1) is 15.0.